The molecule has 0 aromatic heterocycles. The lowest BCUT2D eigenvalue weighted by molar-refractivity contribution is 0.100. The Hall–Kier alpha value is -2.79. The average Bonchev–Trinajstić information content (AvgIpc) is 2.57. The van der Waals surface area contributed by atoms with E-state index < -0.39 is 0 Å². The smallest absolute Gasteiger partial charge is 0.277 e. The highest BCUT2D eigenvalue weighted by Crippen LogP contribution is 2.13. The normalized spacial score (nSPS) is 16.0. The minimum Gasteiger partial charge on any atom is -0.284 e. The van der Waals surface area contributed by atoms with Gasteiger partial charge in [0.15, 0.2) is 0 Å². The van der Waals surface area contributed by atoms with Crippen LogP contribution in [-0.4, -0.2) is 18.2 Å². The first kappa shape index (κ1) is 14.2. The van der Waals surface area contributed by atoms with Crippen LogP contribution in [0.25, 0.3) is 0 Å². The highest BCUT2D eigenvalue weighted by molar-refractivity contribution is 6.09. The second kappa shape index (κ2) is 6.32. The van der Waals surface area contributed by atoms with Gasteiger partial charge in [-0.2, -0.15) is 0 Å². The maximum absolute atomic E-state index is 12.8. The molecule has 0 unspecified atom stereocenters. The Morgan fingerprint density at radius 1 is 1.09 bits per heavy atom. The fourth-order valence-electron chi connectivity index (χ4n) is 2.07. The Balaban J connectivity index is 1.72. The van der Waals surface area contributed by atoms with Crippen LogP contribution in [0.2, 0.25) is 0 Å². The van der Waals surface area contributed by atoms with Gasteiger partial charge in [0.25, 0.3) is 5.91 Å². The summed E-state index contributed by atoms with van der Waals surface area (Å²) in [4.78, 5) is 16.0. The number of benzene rings is 2. The molecule has 1 aliphatic rings. The van der Waals surface area contributed by atoms with Crippen LogP contribution >= 0.6 is 0 Å². The predicted octanol–water partition coefficient (Wildman–Crippen LogP) is 2.95. The number of nitrogens with zero attached hydrogens (tertiary/aromatic N) is 2. The molecule has 1 N–H and O–H groups in total. The van der Waals surface area contributed by atoms with Crippen molar-refractivity contribution < 1.29 is 9.18 Å². The number of hydrogen-bond donors (Lipinski definition) is 1. The van der Waals surface area contributed by atoms with E-state index in [9.17, 15) is 9.18 Å². The first-order valence-electron chi connectivity index (χ1n) is 6.86. The van der Waals surface area contributed by atoms with Crippen molar-refractivity contribution in [2.24, 2.45) is 4.99 Å². The number of hydrogen-bond acceptors (Lipinski definition) is 3. The zero-order chi connectivity index (χ0) is 15.4. The minimum absolute atomic E-state index is 0.368. The molecule has 0 saturated heterocycles. The molecule has 1 aliphatic heterocycles. The maximum atomic E-state index is 12.8. The summed E-state index contributed by atoms with van der Waals surface area (Å²) < 4.78 is 12.8. The van der Waals surface area contributed by atoms with E-state index in [1.54, 1.807) is 6.08 Å². The summed E-state index contributed by atoms with van der Waals surface area (Å²) in [6, 6.07) is 15.2. The van der Waals surface area contributed by atoms with E-state index in [1.165, 1.54) is 24.3 Å². The number of para-hydroxylation sites is 1. The summed E-state index contributed by atoms with van der Waals surface area (Å²) in [6.45, 7) is 0.443. The van der Waals surface area contributed by atoms with E-state index in [1.807, 2.05) is 41.5 Å². The van der Waals surface area contributed by atoms with Crippen molar-refractivity contribution in [3.63, 3.8) is 0 Å². The molecular formula is C17H14FN3O. The van der Waals surface area contributed by atoms with Gasteiger partial charge in [-0.3, -0.25) is 9.80 Å². The van der Waals surface area contributed by atoms with Gasteiger partial charge in [-0.15, -0.1) is 0 Å². The average molecular weight is 295 g/mol. The fourth-order valence-corrected chi connectivity index (χ4v) is 2.07. The molecule has 1 amide bonds. The predicted molar refractivity (Wildman–Crippen MR) is 84.2 cm³/mol. The molecule has 0 radical (unpaired) electrons. The molecule has 110 valence electrons. The van der Waals surface area contributed by atoms with E-state index >= 15 is 0 Å². The van der Waals surface area contributed by atoms with Gasteiger partial charge in [-0.25, -0.2) is 14.8 Å². The standard InChI is InChI=1S/C17H14FN3O/c18-14-8-6-13(7-9-14)17(22)20-15-10-11-21(19-12-15)16-4-2-1-3-5-16/h1-11,19H,12H2. The number of carbonyl (C=O) groups is 1. The third-order valence-corrected chi connectivity index (χ3v) is 3.22. The van der Waals surface area contributed by atoms with Gasteiger partial charge < -0.3 is 0 Å². The first-order valence-corrected chi connectivity index (χ1v) is 6.86. The van der Waals surface area contributed by atoms with Crippen LogP contribution in [0.15, 0.2) is 71.9 Å². The van der Waals surface area contributed by atoms with E-state index in [0.717, 1.165) is 5.69 Å². The molecule has 0 bridgehead atoms. The molecular weight excluding hydrogens is 281 g/mol. The number of anilines is 1. The van der Waals surface area contributed by atoms with Gasteiger partial charge in [0.2, 0.25) is 0 Å². The Morgan fingerprint density at radius 2 is 1.82 bits per heavy atom. The van der Waals surface area contributed by atoms with Gasteiger partial charge in [0, 0.05) is 11.8 Å². The number of rotatable bonds is 2. The number of nitrogens with one attached hydrogen (secondary N) is 1. The second-order valence-electron chi connectivity index (χ2n) is 4.77. The molecule has 2 aromatic rings. The summed E-state index contributed by atoms with van der Waals surface area (Å²) in [6.07, 6.45) is 3.60. The summed E-state index contributed by atoms with van der Waals surface area (Å²) >= 11 is 0. The van der Waals surface area contributed by atoms with Crippen molar-refractivity contribution in [2.45, 2.75) is 0 Å². The zero-order valence-corrected chi connectivity index (χ0v) is 11.7. The number of amides is 1. The molecule has 0 atom stereocenters. The first-order chi connectivity index (χ1) is 10.7. The van der Waals surface area contributed by atoms with E-state index in [2.05, 4.69) is 10.4 Å². The van der Waals surface area contributed by atoms with Gasteiger partial charge >= 0.3 is 0 Å². The Bertz CT molecular complexity index is 723. The van der Waals surface area contributed by atoms with Crippen molar-refractivity contribution in [3.8, 4) is 0 Å². The quantitative estimate of drug-likeness (QED) is 0.926. The van der Waals surface area contributed by atoms with Crippen LogP contribution in [-0.2, 0) is 0 Å². The molecule has 2 aromatic carbocycles. The lowest BCUT2D eigenvalue weighted by atomic mass is 10.2. The van der Waals surface area contributed by atoms with E-state index in [-0.39, 0.29) is 11.7 Å². The van der Waals surface area contributed by atoms with Gasteiger partial charge in [0.1, 0.15) is 5.82 Å². The Kier molecular flexibility index (Phi) is 4.07. The fraction of sp³-hybridized carbons (Fsp3) is 0.0588. The summed E-state index contributed by atoms with van der Waals surface area (Å²) in [7, 11) is 0. The summed E-state index contributed by atoms with van der Waals surface area (Å²) in [5, 5.41) is 1.86. The Labute approximate surface area is 127 Å². The lowest BCUT2D eigenvalue weighted by Gasteiger charge is -2.25. The largest absolute Gasteiger partial charge is 0.284 e. The molecule has 4 nitrogen and oxygen atoms in total. The lowest BCUT2D eigenvalue weighted by Crippen LogP contribution is -2.40. The monoisotopic (exact) mass is 295 g/mol. The molecule has 1 heterocycles. The topological polar surface area (TPSA) is 44.7 Å². The van der Waals surface area contributed by atoms with Gasteiger partial charge in [-0.1, -0.05) is 18.2 Å². The number of aliphatic imine (C=N–C) groups is 1. The molecule has 5 heteroatoms. The third kappa shape index (κ3) is 3.27. The molecule has 3 rings (SSSR count). The zero-order valence-electron chi connectivity index (χ0n) is 11.7. The van der Waals surface area contributed by atoms with E-state index in [0.29, 0.717) is 17.8 Å². The molecule has 22 heavy (non-hydrogen) atoms. The minimum atomic E-state index is -0.380. The molecule has 0 aliphatic carbocycles. The molecule has 0 fully saturated rings. The Morgan fingerprint density at radius 3 is 2.45 bits per heavy atom. The van der Waals surface area contributed by atoms with Crippen LogP contribution in [0.1, 0.15) is 10.4 Å². The van der Waals surface area contributed by atoms with Crippen LogP contribution in [0.4, 0.5) is 10.1 Å². The van der Waals surface area contributed by atoms with Crippen molar-refractivity contribution >= 4 is 17.3 Å². The number of carbonyl (C=O) groups excluding carboxylic acids is 1. The maximum Gasteiger partial charge on any atom is 0.277 e. The molecule has 0 spiro atoms. The van der Waals surface area contributed by atoms with Gasteiger partial charge in [0.05, 0.1) is 17.9 Å². The number of halogens is 1. The second-order valence-corrected chi connectivity index (χ2v) is 4.77. The van der Waals surface area contributed by atoms with Crippen molar-refractivity contribution in [1.82, 2.24) is 5.43 Å². The number of hydrazine groups is 1. The van der Waals surface area contributed by atoms with Gasteiger partial charge in [-0.05, 0) is 42.5 Å². The highest BCUT2D eigenvalue weighted by Gasteiger charge is 2.11. The van der Waals surface area contributed by atoms with Crippen molar-refractivity contribution in [2.75, 3.05) is 11.6 Å². The van der Waals surface area contributed by atoms with Crippen LogP contribution in [0.5, 0.6) is 0 Å². The van der Waals surface area contributed by atoms with E-state index in [4.69, 9.17) is 0 Å². The van der Waals surface area contributed by atoms with Crippen LogP contribution in [0.3, 0.4) is 0 Å². The van der Waals surface area contributed by atoms with Crippen LogP contribution < -0.4 is 10.4 Å². The summed E-state index contributed by atoms with van der Waals surface area (Å²) in [5.41, 5.74) is 5.15. The van der Waals surface area contributed by atoms with Crippen molar-refractivity contribution in [1.29, 1.82) is 0 Å². The van der Waals surface area contributed by atoms with Crippen LogP contribution in [0, 0.1) is 5.82 Å². The van der Waals surface area contributed by atoms with Crippen molar-refractivity contribution in [3.05, 3.63) is 78.3 Å². The molecule has 0 saturated carbocycles. The summed E-state index contributed by atoms with van der Waals surface area (Å²) in [5.74, 6) is -0.753. The highest BCUT2D eigenvalue weighted by atomic mass is 19.1. The third-order valence-electron chi connectivity index (χ3n) is 3.22. The SMILES string of the molecule is O=C(N=C1C=CN(c2ccccc2)NC1)c1ccc(F)cc1.